The van der Waals surface area contributed by atoms with E-state index >= 15 is 0 Å². The van der Waals surface area contributed by atoms with Crippen LogP contribution in [0.4, 0.5) is 5.69 Å². The minimum atomic E-state index is -2.88. The van der Waals surface area contributed by atoms with Gasteiger partial charge in [-0.2, -0.15) is 0 Å². The fraction of sp³-hybridized carbons (Fsp3) is 0.538. The Bertz CT molecular complexity index is 538. The second-order valence-electron chi connectivity index (χ2n) is 5.28. The zero-order valence-corrected chi connectivity index (χ0v) is 13.4. The average molecular weight is 347 g/mol. The molecular formula is C13H19BrN2O2S. The monoisotopic (exact) mass is 346 g/mol. The summed E-state index contributed by atoms with van der Waals surface area (Å²) < 4.78 is 24.1. The van der Waals surface area contributed by atoms with Crippen molar-refractivity contribution in [3.8, 4) is 0 Å². The van der Waals surface area contributed by atoms with Crippen LogP contribution in [0.25, 0.3) is 0 Å². The first-order valence-corrected chi connectivity index (χ1v) is 8.91. The van der Waals surface area contributed by atoms with Gasteiger partial charge in [0.2, 0.25) is 0 Å². The van der Waals surface area contributed by atoms with Crippen LogP contribution in [0.15, 0.2) is 22.7 Å². The van der Waals surface area contributed by atoms with Gasteiger partial charge >= 0.3 is 0 Å². The molecule has 2 rings (SSSR count). The highest BCUT2D eigenvalue weighted by Gasteiger charge is 2.36. The number of anilines is 1. The summed E-state index contributed by atoms with van der Waals surface area (Å²) in [6.45, 7) is 2.46. The van der Waals surface area contributed by atoms with Crippen molar-refractivity contribution < 1.29 is 8.42 Å². The molecule has 1 fully saturated rings. The summed E-state index contributed by atoms with van der Waals surface area (Å²) in [4.78, 5) is 0. The number of halogens is 1. The van der Waals surface area contributed by atoms with Crippen molar-refractivity contribution in [2.45, 2.75) is 25.3 Å². The van der Waals surface area contributed by atoms with Crippen LogP contribution < -0.4 is 11.1 Å². The van der Waals surface area contributed by atoms with Gasteiger partial charge in [-0.1, -0.05) is 15.9 Å². The number of aryl methyl sites for hydroxylation is 1. The molecule has 0 aliphatic carbocycles. The molecule has 1 aliphatic rings. The fourth-order valence-electron chi connectivity index (χ4n) is 2.42. The zero-order valence-electron chi connectivity index (χ0n) is 10.9. The van der Waals surface area contributed by atoms with Gasteiger partial charge in [0.15, 0.2) is 9.84 Å². The highest BCUT2D eigenvalue weighted by Crippen LogP contribution is 2.29. The Kier molecular flexibility index (Phi) is 4.23. The highest BCUT2D eigenvalue weighted by molar-refractivity contribution is 9.10. The standard InChI is InChI=1S/C13H19BrN2O2S/c1-10-6-11(14)8-12(7-10)16-13(9-15)2-4-19(17,18)5-3-13/h6-8,16H,2-5,9,15H2,1H3. The Morgan fingerprint density at radius 1 is 1.32 bits per heavy atom. The molecule has 0 amide bonds. The summed E-state index contributed by atoms with van der Waals surface area (Å²) in [7, 11) is -2.88. The van der Waals surface area contributed by atoms with Gasteiger partial charge < -0.3 is 11.1 Å². The van der Waals surface area contributed by atoms with Crippen LogP contribution in [0.5, 0.6) is 0 Å². The maximum Gasteiger partial charge on any atom is 0.150 e. The number of benzene rings is 1. The van der Waals surface area contributed by atoms with Gasteiger partial charge in [-0.15, -0.1) is 0 Å². The quantitative estimate of drug-likeness (QED) is 0.878. The van der Waals surface area contributed by atoms with Crippen molar-refractivity contribution in [2.75, 3.05) is 23.4 Å². The molecule has 1 aromatic carbocycles. The smallest absolute Gasteiger partial charge is 0.150 e. The first-order chi connectivity index (χ1) is 8.84. The first-order valence-electron chi connectivity index (χ1n) is 6.30. The highest BCUT2D eigenvalue weighted by atomic mass is 79.9. The number of sulfone groups is 1. The van der Waals surface area contributed by atoms with Gasteiger partial charge in [-0.05, 0) is 43.5 Å². The summed E-state index contributed by atoms with van der Waals surface area (Å²) in [6, 6.07) is 6.07. The van der Waals surface area contributed by atoms with E-state index in [1.165, 1.54) is 0 Å². The maximum atomic E-state index is 11.5. The van der Waals surface area contributed by atoms with E-state index in [4.69, 9.17) is 5.73 Å². The van der Waals surface area contributed by atoms with Crippen molar-refractivity contribution >= 4 is 31.5 Å². The van der Waals surface area contributed by atoms with E-state index in [0.29, 0.717) is 19.4 Å². The summed E-state index contributed by atoms with van der Waals surface area (Å²) in [5.74, 6) is 0.425. The van der Waals surface area contributed by atoms with Gasteiger partial charge in [-0.3, -0.25) is 0 Å². The minimum absolute atomic E-state index is 0.212. The molecular weight excluding hydrogens is 328 g/mol. The number of nitrogens with two attached hydrogens (primary N) is 1. The molecule has 19 heavy (non-hydrogen) atoms. The Morgan fingerprint density at radius 3 is 2.47 bits per heavy atom. The third kappa shape index (κ3) is 3.70. The normalized spacial score (nSPS) is 21.0. The largest absolute Gasteiger partial charge is 0.378 e. The predicted octanol–water partition coefficient (Wildman–Crippen LogP) is 2.08. The molecule has 4 nitrogen and oxygen atoms in total. The fourth-order valence-corrected chi connectivity index (χ4v) is 4.64. The molecule has 0 unspecified atom stereocenters. The van der Waals surface area contributed by atoms with E-state index in [-0.39, 0.29) is 17.0 Å². The number of nitrogens with one attached hydrogen (secondary N) is 1. The van der Waals surface area contributed by atoms with Crippen molar-refractivity contribution in [1.82, 2.24) is 0 Å². The predicted molar refractivity (Wildman–Crippen MR) is 82.2 cm³/mol. The van der Waals surface area contributed by atoms with Crippen LogP contribution in [-0.4, -0.2) is 32.0 Å². The van der Waals surface area contributed by atoms with Crippen LogP contribution in [0, 0.1) is 6.92 Å². The summed E-state index contributed by atoms with van der Waals surface area (Å²) in [6.07, 6.45) is 1.13. The second-order valence-corrected chi connectivity index (χ2v) is 8.50. The molecule has 0 atom stereocenters. The zero-order chi connectivity index (χ0) is 14.1. The van der Waals surface area contributed by atoms with Gasteiger partial charge in [0.1, 0.15) is 0 Å². The molecule has 1 saturated heterocycles. The second kappa shape index (κ2) is 5.42. The number of rotatable bonds is 3. The lowest BCUT2D eigenvalue weighted by Gasteiger charge is -2.38. The van der Waals surface area contributed by atoms with Crippen LogP contribution in [0.1, 0.15) is 18.4 Å². The van der Waals surface area contributed by atoms with Gasteiger partial charge in [-0.25, -0.2) is 8.42 Å². The van der Waals surface area contributed by atoms with E-state index in [1.807, 2.05) is 25.1 Å². The first kappa shape index (κ1) is 14.8. The Balaban J connectivity index is 2.19. The van der Waals surface area contributed by atoms with E-state index < -0.39 is 9.84 Å². The van der Waals surface area contributed by atoms with Gasteiger partial charge in [0, 0.05) is 16.7 Å². The number of hydrogen-bond donors (Lipinski definition) is 2. The molecule has 106 valence electrons. The molecule has 0 radical (unpaired) electrons. The third-order valence-corrected chi connectivity index (χ3v) is 5.74. The van der Waals surface area contributed by atoms with E-state index in [1.54, 1.807) is 0 Å². The van der Waals surface area contributed by atoms with Crippen molar-refractivity contribution in [3.63, 3.8) is 0 Å². The molecule has 0 aromatic heterocycles. The van der Waals surface area contributed by atoms with Gasteiger partial charge in [0.25, 0.3) is 0 Å². The summed E-state index contributed by atoms with van der Waals surface area (Å²) in [5, 5.41) is 3.44. The molecule has 6 heteroatoms. The molecule has 0 saturated carbocycles. The minimum Gasteiger partial charge on any atom is -0.378 e. The van der Waals surface area contributed by atoms with Crippen LogP contribution in [0.3, 0.4) is 0 Å². The lowest BCUT2D eigenvalue weighted by molar-refractivity contribution is 0.426. The molecule has 3 N–H and O–H groups in total. The van der Waals surface area contributed by atoms with E-state index in [9.17, 15) is 8.42 Å². The average Bonchev–Trinajstić information content (AvgIpc) is 2.31. The molecule has 1 aromatic rings. The van der Waals surface area contributed by atoms with Crippen molar-refractivity contribution in [2.24, 2.45) is 5.73 Å². The molecule has 1 heterocycles. The summed E-state index contributed by atoms with van der Waals surface area (Å²) in [5.41, 5.74) is 7.70. The Morgan fingerprint density at radius 2 is 1.95 bits per heavy atom. The van der Waals surface area contributed by atoms with E-state index in [0.717, 1.165) is 15.7 Å². The van der Waals surface area contributed by atoms with E-state index in [2.05, 4.69) is 21.2 Å². The Hall–Kier alpha value is -0.590. The SMILES string of the molecule is Cc1cc(Br)cc(NC2(CN)CCS(=O)(=O)CC2)c1. The molecule has 1 aliphatic heterocycles. The van der Waals surface area contributed by atoms with Crippen molar-refractivity contribution in [1.29, 1.82) is 0 Å². The topological polar surface area (TPSA) is 72.2 Å². The van der Waals surface area contributed by atoms with Crippen LogP contribution in [0.2, 0.25) is 0 Å². The Labute approximate surface area is 122 Å². The molecule has 0 bridgehead atoms. The van der Waals surface area contributed by atoms with Crippen LogP contribution in [-0.2, 0) is 9.84 Å². The lowest BCUT2D eigenvalue weighted by atomic mass is 9.92. The molecule has 0 spiro atoms. The number of hydrogen-bond acceptors (Lipinski definition) is 4. The van der Waals surface area contributed by atoms with Crippen molar-refractivity contribution in [3.05, 3.63) is 28.2 Å². The van der Waals surface area contributed by atoms with Crippen LogP contribution >= 0.6 is 15.9 Å². The summed E-state index contributed by atoms with van der Waals surface area (Å²) >= 11 is 3.47. The maximum absolute atomic E-state index is 11.5. The lowest BCUT2D eigenvalue weighted by Crippen LogP contribution is -2.51. The van der Waals surface area contributed by atoms with Gasteiger partial charge in [0.05, 0.1) is 17.0 Å². The third-order valence-electron chi connectivity index (χ3n) is 3.63.